The zero-order valence-corrected chi connectivity index (χ0v) is 15.1. The third kappa shape index (κ3) is 2.33. The molecule has 26 heavy (non-hydrogen) atoms. The lowest BCUT2D eigenvalue weighted by atomic mass is 9.79. The average Bonchev–Trinajstić information content (AvgIpc) is 3.11. The Labute approximate surface area is 151 Å². The molecule has 0 aromatic heterocycles. The summed E-state index contributed by atoms with van der Waals surface area (Å²) in [5.74, 6) is -2.81. The van der Waals surface area contributed by atoms with E-state index in [1.54, 1.807) is 19.2 Å². The Kier molecular flexibility index (Phi) is 4.49. The van der Waals surface area contributed by atoms with Crippen LogP contribution in [0.15, 0.2) is 18.2 Å². The first kappa shape index (κ1) is 18.3. The minimum atomic E-state index is -1.66. The second-order valence-corrected chi connectivity index (χ2v) is 6.70. The van der Waals surface area contributed by atoms with E-state index in [9.17, 15) is 19.5 Å². The normalized spacial score (nSPS) is 30.5. The molecule has 0 radical (unpaired) electrons. The molecule has 140 valence electrons. The molecule has 0 spiro atoms. The Morgan fingerprint density at radius 1 is 1.31 bits per heavy atom. The third-order valence-corrected chi connectivity index (χ3v) is 5.49. The molecule has 1 aromatic rings. The van der Waals surface area contributed by atoms with Crippen LogP contribution in [0.2, 0.25) is 0 Å². The number of amides is 2. The number of ether oxygens (including phenoxy) is 2. The quantitative estimate of drug-likeness (QED) is 0.564. The maximum Gasteiger partial charge on any atom is 0.329 e. The number of aliphatic hydroxyl groups is 1. The standard InChI is InChI=1S/C18H22N2O6/c1-9-7-10(25-3)5-6-11(9)14-12-13(16(23)20(2)15(12)22)18(8-21,19-14)17(24)26-4/h5-7,12-14,19,21H,8H2,1-4H3/t12-,13-,14-,18-/m1/s1. The molecule has 4 atom stereocenters. The number of fused-ring (bicyclic) bond motifs is 1. The number of likely N-dealkylation sites (tertiary alicyclic amines) is 1. The maximum atomic E-state index is 12.7. The molecule has 3 rings (SSSR count). The second-order valence-electron chi connectivity index (χ2n) is 6.70. The zero-order valence-electron chi connectivity index (χ0n) is 15.1. The fraction of sp³-hybridized carbons (Fsp3) is 0.500. The summed E-state index contributed by atoms with van der Waals surface area (Å²) in [6.07, 6.45) is 0. The lowest BCUT2D eigenvalue weighted by molar-refractivity contribution is -0.156. The van der Waals surface area contributed by atoms with Crippen LogP contribution in [-0.2, 0) is 19.1 Å². The highest BCUT2D eigenvalue weighted by molar-refractivity contribution is 6.09. The van der Waals surface area contributed by atoms with Gasteiger partial charge < -0.3 is 14.6 Å². The predicted molar refractivity (Wildman–Crippen MR) is 90.2 cm³/mol. The molecular weight excluding hydrogens is 340 g/mol. The average molecular weight is 362 g/mol. The molecular formula is C18H22N2O6. The molecule has 2 saturated heterocycles. The Hall–Kier alpha value is -2.45. The van der Waals surface area contributed by atoms with Crippen LogP contribution >= 0.6 is 0 Å². The first-order chi connectivity index (χ1) is 12.3. The summed E-state index contributed by atoms with van der Waals surface area (Å²) in [5, 5.41) is 13.1. The number of aryl methyl sites for hydroxylation is 1. The van der Waals surface area contributed by atoms with E-state index in [1.165, 1.54) is 14.2 Å². The number of nitrogens with zero attached hydrogens (tertiary/aromatic N) is 1. The Morgan fingerprint density at radius 3 is 2.54 bits per heavy atom. The summed E-state index contributed by atoms with van der Waals surface area (Å²) < 4.78 is 10.1. The second kappa shape index (κ2) is 6.37. The van der Waals surface area contributed by atoms with Gasteiger partial charge in [0, 0.05) is 13.1 Å². The number of esters is 1. The number of aliphatic hydroxyl groups excluding tert-OH is 1. The van der Waals surface area contributed by atoms with Gasteiger partial charge in [-0.05, 0) is 30.2 Å². The number of carbonyl (C=O) groups is 3. The largest absolute Gasteiger partial charge is 0.497 e. The van der Waals surface area contributed by atoms with Crippen molar-refractivity contribution >= 4 is 17.8 Å². The minimum Gasteiger partial charge on any atom is -0.497 e. The molecule has 2 N–H and O–H groups in total. The van der Waals surface area contributed by atoms with Crippen molar-refractivity contribution in [2.45, 2.75) is 18.5 Å². The van der Waals surface area contributed by atoms with E-state index >= 15 is 0 Å². The summed E-state index contributed by atoms with van der Waals surface area (Å²) in [6, 6.07) is 4.75. The van der Waals surface area contributed by atoms with Crippen molar-refractivity contribution in [2.24, 2.45) is 11.8 Å². The molecule has 1 aromatic carbocycles. The molecule has 2 amide bonds. The van der Waals surface area contributed by atoms with Gasteiger partial charge in [-0.25, -0.2) is 4.79 Å². The minimum absolute atomic E-state index is 0.382. The molecule has 8 heteroatoms. The van der Waals surface area contributed by atoms with Crippen LogP contribution in [0.5, 0.6) is 5.75 Å². The lowest BCUT2D eigenvalue weighted by Crippen LogP contribution is -2.58. The van der Waals surface area contributed by atoms with Gasteiger partial charge in [0.05, 0.1) is 32.7 Å². The van der Waals surface area contributed by atoms with Crippen molar-refractivity contribution < 1.29 is 29.0 Å². The number of carbonyl (C=O) groups excluding carboxylic acids is 3. The van der Waals surface area contributed by atoms with Crippen molar-refractivity contribution in [3.05, 3.63) is 29.3 Å². The van der Waals surface area contributed by atoms with E-state index in [4.69, 9.17) is 9.47 Å². The number of rotatable bonds is 4. The monoisotopic (exact) mass is 362 g/mol. The van der Waals surface area contributed by atoms with Gasteiger partial charge in [0.25, 0.3) is 0 Å². The van der Waals surface area contributed by atoms with Gasteiger partial charge in [0.15, 0.2) is 5.54 Å². The van der Waals surface area contributed by atoms with Gasteiger partial charge in [-0.15, -0.1) is 0 Å². The SMILES string of the molecule is COC(=O)[C@]1(CO)N[C@H](c2ccc(OC)cc2C)[C@@H]2C(=O)N(C)C(=O)[C@@H]21. The smallest absolute Gasteiger partial charge is 0.329 e. The van der Waals surface area contributed by atoms with Gasteiger partial charge in [0.2, 0.25) is 11.8 Å². The van der Waals surface area contributed by atoms with Crippen molar-refractivity contribution in [2.75, 3.05) is 27.9 Å². The van der Waals surface area contributed by atoms with Crippen LogP contribution in [0.1, 0.15) is 17.2 Å². The summed E-state index contributed by atoms with van der Waals surface area (Å²) in [6.45, 7) is 1.20. The highest BCUT2D eigenvalue weighted by Crippen LogP contribution is 2.49. The van der Waals surface area contributed by atoms with Gasteiger partial charge >= 0.3 is 5.97 Å². The first-order valence-corrected chi connectivity index (χ1v) is 8.25. The van der Waals surface area contributed by atoms with Crippen LogP contribution in [0.25, 0.3) is 0 Å². The first-order valence-electron chi connectivity index (χ1n) is 8.25. The van der Waals surface area contributed by atoms with E-state index in [0.29, 0.717) is 5.75 Å². The van der Waals surface area contributed by atoms with Crippen molar-refractivity contribution in [3.8, 4) is 5.75 Å². The molecule has 0 unspecified atom stereocenters. The number of hydrogen-bond acceptors (Lipinski definition) is 7. The highest BCUT2D eigenvalue weighted by atomic mass is 16.5. The molecule has 0 aliphatic carbocycles. The summed E-state index contributed by atoms with van der Waals surface area (Å²) in [4.78, 5) is 38.9. The number of hydrogen-bond donors (Lipinski definition) is 2. The van der Waals surface area contributed by atoms with Crippen LogP contribution in [0.3, 0.4) is 0 Å². The molecule has 0 saturated carbocycles. The lowest BCUT2D eigenvalue weighted by Gasteiger charge is -2.30. The van der Waals surface area contributed by atoms with E-state index < -0.39 is 41.9 Å². The van der Waals surface area contributed by atoms with Crippen molar-refractivity contribution in [1.82, 2.24) is 10.2 Å². The number of methoxy groups -OCH3 is 2. The number of imide groups is 1. The number of benzene rings is 1. The van der Waals surface area contributed by atoms with Gasteiger partial charge in [-0.3, -0.25) is 19.8 Å². The van der Waals surface area contributed by atoms with E-state index in [0.717, 1.165) is 16.0 Å². The maximum absolute atomic E-state index is 12.7. The Bertz CT molecular complexity index is 779. The molecule has 2 fully saturated rings. The van der Waals surface area contributed by atoms with Gasteiger partial charge in [0.1, 0.15) is 5.75 Å². The third-order valence-electron chi connectivity index (χ3n) is 5.49. The Morgan fingerprint density at radius 2 is 2.00 bits per heavy atom. The molecule has 8 nitrogen and oxygen atoms in total. The van der Waals surface area contributed by atoms with Crippen LogP contribution < -0.4 is 10.1 Å². The van der Waals surface area contributed by atoms with Gasteiger partial charge in [-0.2, -0.15) is 0 Å². The van der Waals surface area contributed by atoms with Crippen molar-refractivity contribution in [3.63, 3.8) is 0 Å². The van der Waals surface area contributed by atoms with E-state index in [2.05, 4.69) is 5.32 Å². The fourth-order valence-electron chi connectivity index (χ4n) is 4.12. The molecule has 0 bridgehead atoms. The summed E-state index contributed by atoms with van der Waals surface area (Å²) >= 11 is 0. The van der Waals surface area contributed by atoms with Crippen LogP contribution in [0.4, 0.5) is 0 Å². The number of nitrogens with one attached hydrogen (secondary N) is 1. The van der Waals surface area contributed by atoms with Crippen LogP contribution in [0, 0.1) is 18.8 Å². The fourth-order valence-corrected chi connectivity index (χ4v) is 4.12. The highest BCUT2D eigenvalue weighted by Gasteiger charge is 2.68. The molecule has 2 aliphatic heterocycles. The summed E-state index contributed by atoms with van der Waals surface area (Å²) in [7, 11) is 4.13. The predicted octanol–water partition coefficient (Wildman–Crippen LogP) is -0.217. The van der Waals surface area contributed by atoms with E-state index in [1.807, 2.05) is 13.0 Å². The molecule has 2 heterocycles. The Balaban J connectivity index is 2.14. The topological polar surface area (TPSA) is 105 Å². The van der Waals surface area contributed by atoms with Crippen LogP contribution in [-0.4, -0.2) is 61.2 Å². The van der Waals surface area contributed by atoms with Gasteiger partial charge in [-0.1, -0.05) is 6.07 Å². The van der Waals surface area contributed by atoms with Crippen molar-refractivity contribution in [1.29, 1.82) is 0 Å². The summed E-state index contributed by atoms with van der Waals surface area (Å²) in [5.41, 5.74) is -0.0565. The molecule has 2 aliphatic rings. The van der Waals surface area contributed by atoms with E-state index in [-0.39, 0.29) is 5.91 Å². The zero-order chi connectivity index (χ0) is 19.2.